The van der Waals surface area contributed by atoms with E-state index in [1.54, 1.807) is 11.8 Å². The number of nitriles is 1. The van der Waals surface area contributed by atoms with Gasteiger partial charge in [-0.25, -0.2) is 0 Å². The van der Waals surface area contributed by atoms with Crippen LogP contribution >= 0.6 is 11.8 Å². The van der Waals surface area contributed by atoms with Gasteiger partial charge in [-0.05, 0) is 36.9 Å². The smallest absolute Gasteiger partial charge is 0.101 e. The first-order valence-electron chi connectivity index (χ1n) is 5.38. The van der Waals surface area contributed by atoms with Gasteiger partial charge in [-0.3, -0.25) is 0 Å². The van der Waals surface area contributed by atoms with Crippen molar-refractivity contribution in [2.75, 3.05) is 6.26 Å². The summed E-state index contributed by atoms with van der Waals surface area (Å²) < 4.78 is 2.06. The molecule has 0 aliphatic carbocycles. The van der Waals surface area contributed by atoms with Crippen LogP contribution in [-0.2, 0) is 7.05 Å². The molecule has 0 amide bonds. The third-order valence-electron chi connectivity index (χ3n) is 3.04. The molecule has 2 nitrogen and oxygen atoms in total. The molecular weight excluding hydrogens is 228 g/mol. The summed E-state index contributed by atoms with van der Waals surface area (Å²) in [6, 6.07) is 12.6. The van der Waals surface area contributed by atoms with E-state index in [1.807, 2.05) is 20.0 Å². The minimum absolute atomic E-state index is 0.747. The van der Waals surface area contributed by atoms with Crippen molar-refractivity contribution < 1.29 is 0 Å². The summed E-state index contributed by atoms with van der Waals surface area (Å²) in [5.41, 5.74) is 3.99. The second kappa shape index (κ2) is 4.68. The molecule has 0 spiro atoms. The molecule has 0 N–H and O–H groups in total. The zero-order valence-electron chi connectivity index (χ0n) is 10.2. The molecule has 0 saturated carbocycles. The minimum Gasteiger partial charge on any atom is -0.347 e. The summed E-state index contributed by atoms with van der Waals surface area (Å²) >= 11 is 1.73. The first-order chi connectivity index (χ1) is 8.17. The summed E-state index contributed by atoms with van der Waals surface area (Å²) in [6.45, 7) is 1.97. The largest absolute Gasteiger partial charge is 0.347 e. The molecule has 17 heavy (non-hydrogen) atoms. The Kier molecular flexibility index (Phi) is 3.26. The van der Waals surface area contributed by atoms with Crippen LogP contribution in [0.1, 0.15) is 11.3 Å². The van der Waals surface area contributed by atoms with E-state index in [0.29, 0.717) is 0 Å². The third kappa shape index (κ3) is 2.09. The highest BCUT2D eigenvalue weighted by Crippen LogP contribution is 2.26. The van der Waals surface area contributed by atoms with E-state index in [9.17, 15) is 0 Å². The second-order valence-corrected chi connectivity index (χ2v) is 4.81. The molecule has 86 valence electrons. The van der Waals surface area contributed by atoms with E-state index in [4.69, 9.17) is 5.26 Å². The second-order valence-electron chi connectivity index (χ2n) is 3.93. The van der Waals surface area contributed by atoms with Crippen LogP contribution in [0.4, 0.5) is 0 Å². The van der Waals surface area contributed by atoms with Gasteiger partial charge < -0.3 is 4.57 Å². The van der Waals surface area contributed by atoms with E-state index in [2.05, 4.69) is 41.2 Å². The van der Waals surface area contributed by atoms with Crippen molar-refractivity contribution in [3.63, 3.8) is 0 Å². The van der Waals surface area contributed by atoms with Gasteiger partial charge in [0.2, 0.25) is 0 Å². The van der Waals surface area contributed by atoms with E-state index in [1.165, 1.54) is 4.90 Å². The standard InChI is InChI=1S/C14H14N2S/c1-10-12(9-15)8-14(16(10)2)11-4-6-13(17-3)7-5-11/h4-8H,1-3H3. The maximum absolute atomic E-state index is 9.02. The number of rotatable bonds is 2. The van der Waals surface area contributed by atoms with Crippen molar-refractivity contribution in [2.24, 2.45) is 7.05 Å². The van der Waals surface area contributed by atoms with Crippen molar-refractivity contribution in [3.05, 3.63) is 41.6 Å². The van der Waals surface area contributed by atoms with Gasteiger partial charge in [0.15, 0.2) is 0 Å². The monoisotopic (exact) mass is 242 g/mol. The fourth-order valence-electron chi connectivity index (χ4n) is 1.85. The van der Waals surface area contributed by atoms with Crippen molar-refractivity contribution >= 4 is 11.8 Å². The predicted octanol–water partition coefficient (Wildman–Crippen LogP) is 3.59. The summed E-state index contributed by atoms with van der Waals surface area (Å²) in [7, 11) is 1.99. The van der Waals surface area contributed by atoms with Gasteiger partial charge in [0.1, 0.15) is 6.07 Å². The highest BCUT2D eigenvalue weighted by Gasteiger charge is 2.09. The van der Waals surface area contributed by atoms with Crippen molar-refractivity contribution in [1.29, 1.82) is 5.26 Å². The van der Waals surface area contributed by atoms with Gasteiger partial charge in [-0.1, -0.05) is 12.1 Å². The number of thioether (sulfide) groups is 1. The zero-order chi connectivity index (χ0) is 12.4. The quantitative estimate of drug-likeness (QED) is 0.753. The molecule has 0 fully saturated rings. The predicted molar refractivity (Wildman–Crippen MR) is 72.1 cm³/mol. The SMILES string of the molecule is CSc1ccc(-c2cc(C#N)c(C)n2C)cc1. The molecule has 1 aromatic heterocycles. The highest BCUT2D eigenvalue weighted by atomic mass is 32.2. The summed E-state index contributed by atoms with van der Waals surface area (Å²) in [5.74, 6) is 0. The molecule has 2 aromatic rings. The number of nitrogens with zero attached hydrogens (tertiary/aromatic N) is 2. The van der Waals surface area contributed by atoms with E-state index in [0.717, 1.165) is 22.5 Å². The van der Waals surface area contributed by atoms with E-state index >= 15 is 0 Å². The van der Waals surface area contributed by atoms with Crippen LogP contribution in [0, 0.1) is 18.3 Å². The molecule has 1 heterocycles. The van der Waals surface area contributed by atoms with Crippen LogP contribution in [-0.4, -0.2) is 10.8 Å². The van der Waals surface area contributed by atoms with Crippen molar-refractivity contribution in [2.45, 2.75) is 11.8 Å². The molecule has 0 aliphatic heterocycles. The van der Waals surface area contributed by atoms with Gasteiger partial charge in [-0.15, -0.1) is 11.8 Å². The van der Waals surface area contributed by atoms with Gasteiger partial charge in [-0.2, -0.15) is 5.26 Å². The van der Waals surface area contributed by atoms with Crippen LogP contribution in [0.2, 0.25) is 0 Å². The Labute approximate surface area is 106 Å². The summed E-state index contributed by atoms with van der Waals surface area (Å²) in [4.78, 5) is 1.25. The van der Waals surface area contributed by atoms with Gasteiger partial charge in [0, 0.05) is 23.3 Å². The fraction of sp³-hybridized carbons (Fsp3) is 0.214. The maximum atomic E-state index is 9.02. The summed E-state index contributed by atoms with van der Waals surface area (Å²) in [6.07, 6.45) is 2.06. The lowest BCUT2D eigenvalue weighted by Gasteiger charge is -2.05. The van der Waals surface area contributed by atoms with Crippen LogP contribution < -0.4 is 0 Å². The van der Waals surface area contributed by atoms with Crippen LogP contribution in [0.3, 0.4) is 0 Å². The van der Waals surface area contributed by atoms with Crippen molar-refractivity contribution in [1.82, 2.24) is 4.57 Å². The highest BCUT2D eigenvalue weighted by molar-refractivity contribution is 7.98. The van der Waals surface area contributed by atoms with Crippen LogP contribution in [0.5, 0.6) is 0 Å². The topological polar surface area (TPSA) is 28.7 Å². The van der Waals surface area contributed by atoms with E-state index < -0.39 is 0 Å². The molecule has 2 rings (SSSR count). The molecular formula is C14H14N2S. The zero-order valence-corrected chi connectivity index (χ0v) is 11.0. The Morgan fingerprint density at radius 2 is 1.88 bits per heavy atom. The molecule has 1 aromatic carbocycles. The first-order valence-corrected chi connectivity index (χ1v) is 6.60. The lowest BCUT2D eigenvalue weighted by molar-refractivity contribution is 0.888. The Morgan fingerprint density at radius 3 is 2.35 bits per heavy atom. The number of benzene rings is 1. The molecule has 0 atom stereocenters. The van der Waals surface area contributed by atoms with E-state index in [-0.39, 0.29) is 0 Å². The first kappa shape index (κ1) is 11.8. The lowest BCUT2D eigenvalue weighted by atomic mass is 10.1. The lowest BCUT2D eigenvalue weighted by Crippen LogP contribution is -1.94. The molecule has 0 radical (unpaired) electrons. The Hall–Kier alpha value is -1.66. The number of hydrogen-bond acceptors (Lipinski definition) is 2. The molecule has 0 bridgehead atoms. The molecule has 0 saturated heterocycles. The van der Waals surface area contributed by atoms with Gasteiger partial charge >= 0.3 is 0 Å². The minimum atomic E-state index is 0.747. The Morgan fingerprint density at radius 1 is 1.24 bits per heavy atom. The Bertz CT molecular complexity index is 574. The molecule has 0 aliphatic rings. The number of aromatic nitrogens is 1. The van der Waals surface area contributed by atoms with Gasteiger partial charge in [0.05, 0.1) is 5.56 Å². The van der Waals surface area contributed by atoms with Crippen molar-refractivity contribution in [3.8, 4) is 17.3 Å². The van der Waals surface area contributed by atoms with Gasteiger partial charge in [0.25, 0.3) is 0 Å². The van der Waals surface area contributed by atoms with Crippen LogP contribution in [0.15, 0.2) is 35.2 Å². The number of hydrogen-bond donors (Lipinski definition) is 0. The normalized spacial score (nSPS) is 10.2. The molecule has 0 unspecified atom stereocenters. The average molecular weight is 242 g/mol. The molecule has 3 heteroatoms. The summed E-state index contributed by atoms with van der Waals surface area (Å²) in [5, 5.41) is 9.02. The van der Waals surface area contributed by atoms with Crippen LogP contribution in [0.25, 0.3) is 11.3 Å². The third-order valence-corrected chi connectivity index (χ3v) is 3.79. The average Bonchev–Trinajstić information content (AvgIpc) is 2.66. The Balaban J connectivity index is 2.50. The fourth-order valence-corrected chi connectivity index (χ4v) is 2.26. The maximum Gasteiger partial charge on any atom is 0.101 e.